The van der Waals surface area contributed by atoms with Crippen molar-refractivity contribution in [2.45, 2.75) is 40.7 Å². The monoisotopic (exact) mass is 422 g/mol. The van der Waals surface area contributed by atoms with Gasteiger partial charge in [-0.15, -0.1) is 0 Å². The maximum Gasteiger partial charge on any atom is 0.253 e. The van der Waals surface area contributed by atoms with Gasteiger partial charge in [0.15, 0.2) is 0 Å². The summed E-state index contributed by atoms with van der Waals surface area (Å²) >= 11 is 0. The van der Waals surface area contributed by atoms with E-state index >= 15 is 0 Å². The number of carbonyl (C=O) groups is 2. The van der Waals surface area contributed by atoms with E-state index in [1.165, 1.54) is 17.0 Å². The number of halogens is 1. The summed E-state index contributed by atoms with van der Waals surface area (Å²) < 4.78 is 19.8. The van der Waals surface area contributed by atoms with Gasteiger partial charge in [0, 0.05) is 31.9 Å². The van der Waals surface area contributed by atoms with Crippen molar-refractivity contribution >= 4 is 23.2 Å². The van der Waals surface area contributed by atoms with E-state index in [4.69, 9.17) is 10.5 Å². The van der Waals surface area contributed by atoms with Crippen molar-refractivity contribution in [3.8, 4) is 0 Å². The molecule has 1 aromatic carbocycles. The molecular formula is C22H35FN4O3. The number of morpholine rings is 1. The lowest BCUT2D eigenvalue weighted by atomic mass is 9.94. The number of carbonyl (C=O) groups excluding carboxylic acids is 2. The Kier molecular flexibility index (Phi) is 8.34. The first-order chi connectivity index (χ1) is 14.0. The number of anilines is 2. The van der Waals surface area contributed by atoms with Gasteiger partial charge in [0.25, 0.3) is 5.91 Å². The van der Waals surface area contributed by atoms with Crippen LogP contribution in [-0.2, 0) is 14.3 Å². The topological polar surface area (TPSA) is 87.9 Å². The molecule has 1 saturated heterocycles. The Labute approximate surface area is 178 Å². The second kappa shape index (κ2) is 10.3. The largest absolute Gasteiger partial charge is 0.370 e. The number of hydrogen-bond donors (Lipinski definition) is 2. The van der Waals surface area contributed by atoms with E-state index in [1.54, 1.807) is 6.07 Å². The molecule has 168 valence electrons. The standard InChI is InChI=1S/C22H35FN4O3/c1-15(2)12-26(14-22(3,4)5)19(11-24)21(29)25-18-7-6-16(10-17(18)23)27-8-9-30-13-20(27)28/h6-7,10,15,19H,8-9,11-14,24H2,1-5H3,(H,25,29)/t19-/m0/s1. The van der Waals surface area contributed by atoms with Gasteiger partial charge in [-0.25, -0.2) is 4.39 Å². The highest BCUT2D eigenvalue weighted by Gasteiger charge is 2.29. The van der Waals surface area contributed by atoms with Gasteiger partial charge >= 0.3 is 0 Å². The summed E-state index contributed by atoms with van der Waals surface area (Å²) in [5, 5.41) is 2.68. The van der Waals surface area contributed by atoms with Crippen LogP contribution < -0.4 is 16.0 Å². The van der Waals surface area contributed by atoms with Crippen LogP contribution in [0.4, 0.5) is 15.8 Å². The molecule has 30 heavy (non-hydrogen) atoms. The first kappa shape index (κ1) is 24.2. The molecule has 1 heterocycles. The number of nitrogens with one attached hydrogen (secondary N) is 1. The molecule has 2 rings (SSSR count). The van der Waals surface area contributed by atoms with Crippen LogP contribution in [0, 0.1) is 17.2 Å². The molecule has 1 aliphatic rings. The lowest BCUT2D eigenvalue weighted by Crippen LogP contribution is -2.52. The van der Waals surface area contributed by atoms with E-state index in [2.05, 4.69) is 44.8 Å². The summed E-state index contributed by atoms with van der Waals surface area (Å²) in [6.45, 7) is 12.8. The molecular weight excluding hydrogens is 387 g/mol. The Morgan fingerprint density at radius 1 is 1.37 bits per heavy atom. The van der Waals surface area contributed by atoms with E-state index in [0.29, 0.717) is 37.8 Å². The van der Waals surface area contributed by atoms with Crippen LogP contribution in [-0.4, -0.2) is 62.1 Å². The summed E-state index contributed by atoms with van der Waals surface area (Å²) in [7, 11) is 0. The third kappa shape index (κ3) is 6.75. The molecule has 0 spiro atoms. The van der Waals surface area contributed by atoms with Crippen LogP contribution in [0.2, 0.25) is 0 Å². The van der Waals surface area contributed by atoms with Gasteiger partial charge in [0.2, 0.25) is 5.91 Å². The summed E-state index contributed by atoms with van der Waals surface area (Å²) in [6.07, 6.45) is 0. The predicted octanol–water partition coefficient (Wildman–Crippen LogP) is 2.46. The van der Waals surface area contributed by atoms with Crippen molar-refractivity contribution in [3.63, 3.8) is 0 Å². The molecule has 0 bridgehead atoms. The van der Waals surface area contributed by atoms with E-state index in [9.17, 15) is 14.0 Å². The Morgan fingerprint density at radius 3 is 2.60 bits per heavy atom. The SMILES string of the molecule is CC(C)CN(CC(C)(C)C)[C@@H](CN)C(=O)Nc1ccc(N2CCOCC2=O)cc1F. The summed E-state index contributed by atoms with van der Waals surface area (Å²) in [5.41, 5.74) is 6.45. The maximum absolute atomic E-state index is 14.7. The first-order valence-corrected chi connectivity index (χ1v) is 10.4. The predicted molar refractivity (Wildman–Crippen MR) is 117 cm³/mol. The Balaban J connectivity index is 2.16. The Hall–Kier alpha value is -2.03. The molecule has 1 fully saturated rings. The molecule has 0 aromatic heterocycles. The molecule has 8 heteroatoms. The van der Waals surface area contributed by atoms with Gasteiger partial charge in [0.1, 0.15) is 18.5 Å². The van der Waals surface area contributed by atoms with Crippen LogP contribution in [0.3, 0.4) is 0 Å². The lowest BCUT2D eigenvalue weighted by Gasteiger charge is -2.36. The molecule has 0 saturated carbocycles. The normalized spacial score (nSPS) is 16.3. The zero-order valence-electron chi connectivity index (χ0n) is 18.7. The highest BCUT2D eigenvalue weighted by Crippen LogP contribution is 2.24. The quantitative estimate of drug-likeness (QED) is 0.672. The van der Waals surface area contributed by atoms with Gasteiger partial charge < -0.3 is 20.7 Å². The molecule has 0 aliphatic carbocycles. The van der Waals surface area contributed by atoms with Gasteiger partial charge in [-0.2, -0.15) is 0 Å². The molecule has 2 amide bonds. The molecule has 1 aromatic rings. The third-order valence-corrected chi connectivity index (χ3v) is 4.75. The van der Waals surface area contributed by atoms with Crippen LogP contribution in [0.1, 0.15) is 34.6 Å². The molecule has 7 nitrogen and oxygen atoms in total. The Morgan fingerprint density at radius 2 is 2.07 bits per heavy atom. The summed E-state index contributed by atoms with van der Waals surface area (Å²) in [5.74, 6) is -0.790. The number of ether oxygens (including phenoxy) is 1. The van der Waals surface area contributed by atoms with Gasteiger partial charge in [0.05, 0.1) is 12.3 Å². The van der Waals surface area contributed by atoms with Gasteiger partial charge in [-0.05, 0) is 29.5 Å². The minimum absolute atomic E-state index is 0.0137. The fraction of sp³-hybridized carbons (Fsp3) is 0.636. The molecule has 0 unspecified atom stereocenters. The van der Waals surface area contributed by atoms with Gasteiger partial charge in [-0.1, -0.05) is 34.6 Å². The fourth-order valence-electron chi connectivity index (χ4n) is 3.58. The second-order valence-electron chi connectivity index (χ2n) is 9.39. The molecule has 3 N–H and O–H groups in total. The minimum atomic E-state index is -0.595. The van der Waals surface area contributed by atoms with Crippen LogP contribution in [0.15, 0.2) is 18.2 Å². The highest BCUT2D eigenvalue weighted by atomic mass is 19.1. The van der Waals surface area contributed by atoms with Crippen molar-refractivity contribution in [2.24, 2.45) is 17.1 Å². The van der Waals surface area contributed by atoms with Crippen molar-refractivity contribution in [2.75, 3.05) is 49.6 Å². The van der Waals surface area contributed by atoms with E-state index in [0.717, 1.165) is 0 Å². The fourth-order valence-corrected chi connectivity index (χ4v) is 3.58. The number of benzene rings is 1. The van der Waals surface area contributed by atoms with Crippen molar-refractivity contribution in [3.05, 3.63) is 24.0 Å². The molecule has 1 aliphatic heterocycles. The summed E-state index contributed by atoms with van der Waals surface area (Å²) in [4.78, 5) is 28.5. The highest BCUT2D eigenvalue weighted by molar-refractivity contribution is 5.97. The minimum Gasteiger partial charge on any atom is -0.370 e. The van der Waals surface area contributed by atoms with Crippen molar-refractivity contribution in [1.82, 2.24) is 4.90 Å². The third-order valence-electron chi connectivity index (χ3n) is 4.75. The zero-order chi connectivity index (χ0) is 22.5. The van der Waals surface area contributed by atoms with Crippen LogP contribution in [0.25, 0.3) is 0 Å². The first-order valence-electron chi connectivity index (χ1n) is 10.4. The van der Waals surface area contributed by atoms with Crippen LogP contribution in [0.5, 0.6) is 0 Å². The molecule has 0 radical (unpaired) electrons. The number of amides is 2. The average Bonchev–Trinajstić information content (AvgIpc) is 2.62. The van der Waals surface area contributed by atoms with E-state index < -0.39 is 11.9 Å². The number of hydrogen-bond acceptors (Lipinski definition) is 5. The van der Waals surface area contributed by atoms with Gasteiger partial charge in [-0.3, -0.25) is 14.5 Å². The summed E-state index contributed by atoms with van der Waals surface area (Å²) in [6, 6.07) is 3.80. The number of nitrogens with zero attached hydrogens (tertiary/aromatic N) is 2. The Bertz CT molecular complexity index is 748. The van der Waals surface area contributed by atoms with E-state index in [-0.39, 0.29) is 36.1 Å². The average molecular weight is 423 g/mol. The van der Waals surface area contributed by atoms with Crippen molar-refractivity contribution in [1.29, 1.82) is 0 Å². The molecule has 1 atom stereocenters. The lowest BCUT2D eigenvalue weighted by molar-refractivity contribution is -0.125. The smallest absolute Gasteiger partial charge is 0.253 e. The number of nitrogens with two attached hydrogens (primary N) is 1. The van der Waals surface area contributed by atoms with Crippen LogP contribution >= 0.6 is 0 Å². The zero-order valence-corrected chi connectivity index (χ0v) is 18.7. The number of rotatable bonds is 8. The van der Waals surface area contributed by atoms with E-state index in [1.807, 2.05) is 0 Å². The second-order valence-corrected chi connectivity index (χ2v) is 9.39. The maximum atomic E-state index is 14.7. The van der Waals surface area contributed by atoms with Crippen molar-refractivity contribution < 1.29 is 18.7 Å².